The van der Waals surface area contributed by atoms with E-state index in [1.54, 1.807) is 0 Å². The van der Waals surface area contributed by atoms with Crippen molar-refractivity contribution in [1.29, 1.82) is 0 Å². The molecule has 0 radical (unpaired) electrons. The number of aliphatic hydroxyl groups is 2. The molecule has 0 unspecified atom stereocenters. The summed E-state index contributed by atoms with van der Waals surface area (Å²) in [6, 6.07) is 0. The summed E-state index contributed by atoms with van der Waals surface area (Å²) < 4.78 is 0. The van der Waals surface area contributed by atoms with E-state index >= 15 is 0 Å². The Labute approximate surface area is 118 Å². The lowest BCUT2D eigenvalue weighted by molar-refractivity contribution is 0.0572. The SMILES string of the molecule is O=C(c1ncc(Cl)c(Cl)c1Cl)N1C[C@@H](O)[C@@H](O)C1. The van der Waals surface area contributed by atoms with Crippen LogP contribution in [-0.4, -0.2) is 51.3 Å². The van der Waals surface area contributed by atoms with Crippen molar-refractivity contribution in [1.82, 2.24) is 9.88 Å². The number of rotatable bonds is 1. The highest BCUT2D eigenvalue weighted by Gasteiger charge is 2.34. The molecule has 1 fully saturated rings. The molecule has 18 heavy (non-hydrogen) atoms. The van der Waals surface area contributed by atoms with Crippen LogP contribution in [0.5, 0.6) is 0 Å². The summed E-state index contributed by atoms with van der Waals surface area (Å²) in [7, 11) is 0. The lowest BCUT2D eigenvalue weighted by Crippen LogP contribution is -2.30. The minimum atomic E-state index is -0.963. The first-order valence-electron chi connectivity index (χ1n) is 5.06. The molecule has 1 aromatic heterocycles. The maximum Gasteiger partial charge on any atom is 0.274 e. The van der Waals surface area contributed by atoms with Crippen LogP contribution < -0.4 is 0 Å². The predicted molar refractivity (Wildman–Crippen MR) is 67.2 cm³/mol. The minimum Gasteiger partial charge on any atom is -0.388 e. The summed E-state index contributed by atoms with van der Waals surface area (Å²) in [5, 5.41) is 18.9. The Hall–Kier alpha value is -0.590. The first-order valence-corrected chi connectivity index (χ1v) is 6.20. The third-order valence-electron chi connectivity index (χ3n) is 2.67. The van der Waals surface area contributed by atoms with Crippen LogP contribution in [0.15, 0.2) is 6.20 Å². The topological polar surface area (TPSA) is 73.7 Å². The van der Waals surface area contributed by atoms with Gasteiger partial charge in [-0.1, -0.05) is 34.8 Å². The molecule has 1 saturated heterocycles. The summed E-state index contributed by atoms with van der Waals surface area (Å²) >= 11 is 17.4. The molecule has 2 N–H and O–H groups in total. The number of likely N-dealkylation sites (tertiary alicyclic amines) is 1. The van der Waals surface area contributed by atoms with Gasteiger partial charge in [0, 0.05) is 19.3 Å². The highest BCUT2D eigenvalue weighted by molar-refractivity contribution is 6.48. The van der Waals surface area contributed by atoms with Crippen molar-refractivity contribution in [3.8, 4) is 0 Å². The summed E-state index contributed by atoms with van der Waals surface area (Å²) in [5.41, 5.74) is -0.0487. The van der Waals surface area contributed by atoms with Gasteiger partial charge < -0.3 is 15.1 Å². The number of β-amino-alcohol motifs (C(OH)–C–C–N with tert-alkyl or cyclic N) is 2. The van der Waals surface area contributed by atoms with Crippen molar-refractivity contribution in [2.45, 2.75) is 12.2 Å². The number of amides is 1. The number of nitrogens with zero attached hydrogens (tertiary/aromatic N) is 2. The van der Waals surface area contributed by atoms with Crippen molar-refractivity contribution in [3.05, 3.63) is 27.0 Å². The Bertz CT molecular complexity index is 488. The molecule has 2 rings (SSSR count). The highest BCUT2D eigenvalue weighted by atomic mass is 35.5. The van der Waals surface area contributed by atoms with Gasteiger partial charge in [0.2, 0.25) is 0 Å². The number of aromatic nitrogens is 1. The molecule has 98 valence electrons. The summed E-state index contributed by atoms with van der Waals surface area (Å²) in [4.78, 5) is 17.2. The van der Waals surface area contributed by atoms with Crippen molar-refractivity contribution in [2.24, 2.45) is 0 Å². The summed E-state index contributed by atoms with van der Waals surface area (Å²) in [6.07, 6.45) is -0.697. The van der Waals surface area contributed by atoms with Crippen LogP contribution in [0.25, 0.3) is 0 Å². The molecule has 0 aromatic carbocycles. The van der Waals surface area contributed by atoms with Crippen molar-refractivity contribution in [2.75, 3.05) is 13.1 Å². The number of aliphatic hydroxyl groups excluding tert-OH is 2. The van der Waals surface area contributed by atoms with E-state index in [4.69, 9.17) is 34.8 Å². The number of halogens is 3. The van der Waals surface area contributed by atoms with E-state index in [2.05, 4.69) is 4.98 Å². The average Bonchev–Trinajstić information content (AvgIpc) is 2.66. The fourth-order valence-corrected chi connectivity index (χ4v) is 2.24. The second-order valence-corrected chi connectivity index (χ2v) is 5.09. The normalized spacial score (nSPS) is 23.5. The third-order valence-corrected chi connectivity index (χ3v) is 3.91. The number of hydrogen-bond acceptors (Lipinski definition) is 4. The summed E-state index contributed by atoms with van der Waals surface area (Å²) in [6.45, 7) is 0.0521. The molecule has 2 atom stereocenters. The lowest BCUT2D eigenvalue weighted by atomic mass is 10.3. The van der Waals surface area contributed by atoms with E-state index in [1.807, 2.05) is 0 Å². The van der Waals surface area contributed by atoms with Crippen molar-refractivity contribution in [3.63, 3.8) is 0 Å². The van der Waals surface area contributed by atoms with Crippen LogP contribution in [0, 0.1) is 0 Å². The molecule has 0 spiro atoms. The second-order valence-electron chi connectivity index (χ2n) is 3.93. The molecule has 0 aliphatic carbocycles. The van der Waals surface area contributed by atoms with Crippen molar-refractivity contribution >= 4 is 40.7 Å². The predicted octanol–water partition coefficient (Wildman–Crippen LogP) is 1.22. The quantitative estimate of drug-likeness (QED) is 0.818. The Kier molecular flexibility index (Phi) is 3.99. The van der Waals surface area contributed by atoms with Gasteiger partial charge in [-0.3, -0.25) is 4.79 Å². The fraction of sp³-hybridized carbons (Fsp3) is 0.400. The van der Waals surface area contributed by atoms with Crippen LogP contribution in [-0.2, 0) is 0 Å². The van der Waals surface area contributed by atoms with E-state index in [9.17, 15) is 15.0 Å². The van der Waals surface area contributed by atoms with Crippen LogP contribution in [0.4, 0.5) is 0 Å². The van der Waals surface area contributed by atoms with Gasteiger partial charge in [-0.05, 0) is 0 Å². The minimum absolute atomic E-state index is 0.0260. The average molecular weight is 312 g/mol. The molecule has 1 amide bonds. The number of hydrogen-bond donors (Lipinski definition) is 2. The number of pyridine rings is 1. The lowest BCUT2D eigenvalue weighted by Gasteiger charge is -2.15. The van der Waals surface area contributed by atoms with Crippen LogP contribution in [0.1, 0.15) is 10.5 Å². The zero-order valence-electron chi connectivity index (χ0n) is 8.98. The number of carbonyl (C=O) groups excluding carboxylic acids is 1. The van der Waals surface area contributed by atoms with Gasteiger partial charge in [0.15, 0.2) is 0 Å². The maximum absolute atomic E-state index is 12.1. The van der Waals surface area contributed by atoms with Gasteiger partial charge in [0.25, 0.3) is 5.91 Å². The molecule has 0 bridgehead atoms. The first kappa shape index (κ1) is 13.8. The zero-order valence-corrected chi connectivity index (χ0v) is 11.2. The van der Waals surface area contributed by atoms with E-state index in [1.165, 1.54) is 11.1 Å². The largest absolute Gasteiger partial charge is 0.388 e. The van der Waals surface area contributed by atoms with Crippen LogP contribution in [0.2, 0.25) is 15.1 Å². The van der Waals surface area contributed by atoms with Gasteiger partial charge in [-0.2, -0.15) is 0 Å². The standard InChI is InChI=1S/C10H9Cl3N2O3/c11-4-1-14-9(8(13)7(4)12)10(18)15-2-5(16)6(17)3-15/h1,5-6,16-17H,2-3H2/t5-,6+. The molecule has 8 heteroatoms. The van der Waals surface area contributed by atoms with E-state index in [0.29, 0.717) is 0 Å². The molecule has 0 saturated carbocycles. The maximum atomic E-state index is 12.1. The molecular formula is C10H9Cl3N2O3. The molecular weight excluding hydrogens is 302 g/mol. The van der Waals surface area contributed by atoms with E-state index in [0.717, 1.165) is 0 Å². The van der Waals surface area contributed by atoms with Crippen LogP contribution >= 0.6 is 34.8 Å². The first-order chi connectivity index (χ1) is 8.41. The number of carbonyl (C=O) groups is 1. The molecule has 5 nitrogen and oxygen atoms in total. The molecule has 1 aromatic rings. The molecule has 1 aliphatic heterocycles. The second kappa shape index (κ2) is 5.19. The van der Waals surface area contributed by atoms with Gasteiger partial charge >= 0.3 is 0 Å². The highest BCUT2D eigenvalue weighted by Crippen LogP contribution is 2.32. The van der Waals surface area contributed by atoms with Crippen molar-refractivity contribution < 1.29 is 15.0 Å². The van der Waals surface area contributed by atoms with E-state index < -0.39 is 18.1 Å². The van der Waals surface area contributed by atoms with Gasteiger partial charge in [-0.25, -0.2) is 4.98 Å². The monoisotopic (exact) mass is 310 g/mol. The Morgan fingerprint density at radius 3 is 2.33 bits per heavy atom. The van der Waals surface area contributed by atoms with Gasteiger partial charge in [0.1, 0.15) is 5.69 Å². The van der Waals surface area contributed by atoms with Gasteiger partial charge in [-0.15, -0.1) is 0 Å². The van der Waals surface area contributed by atoms with Gasteiger partial charge in [0.05, 0.1) is 27.3 Å². The Morgan fingerprint density at radius 1 is 1.22 bits per heavy atom. The summed E-state index contributed by atoms with van der Waals surface area (Å²) in [5.74, 6) is -0.505. The molecule has 1 aliphatic rings. The fourth-order valence-electron chi connectivity index (χ4n) is 1.68. The Morgan fingerprint density at radius 2 is 1.78 bits per heavy atom. The third kappa shape index (κ3) is 2.41. The van der Waals surface area contributed by atoms with E-state index in [-0.39, 0.29) is 33.9 Å². The molecule has 2 heterocycles. The van der Waals surface area contributed by atoms with Crippen LogP contribution in [0.3, 0.4) is 0 Å². The smallest absolute Gasteiger partial charge is 0.274 e. The Balaban J connectivity index is 2.28. The zero-order chi connectivity index (χ0) is 13.4.